The molecule has 0 aliphatic rings. The molecule has 0 aliphatic heterocycles. The molecule has 0 saturated carbocycles. The van der Waals surface area contributed by atoms with Gasteiger partial charge in [0.25, 0.3) is 0 Å². The number of hydrogen-bond acceptors (Lipinski definition) is 4. The first-order chi connectivity index (χ1) is 6.18. The predicted molar refractivity (Wildman–Crippen MR) is 51.7 cm³/mol. The van der Waals surface area contributed by atoms with Crippen LogP contribution in [0.15, 0.2) is 0 Å². The maximum absolute atomic E-state index is 11.7. The normalized spacial score (nSPS) is 11.9. The van der Waals surface area contributed by atoms with Crippen molar-refractivity contribution in [1.82, 2.24) is 0 Å². The van der Waals surface area contributed by atoms with Crippen molar-refractivity contribution in [3.05, 3.63) is 0 Å². The minimum atomic E-state index is -3.25. The molecule has 80 valence electrons. The summed E-state index contributed by atoms with van der Waals surface area (Å²) >= 11 is 0. The minimum Gasteiger partial charge on any atom is -0.287 e. The molecule has 0 N–H and O–H groups in total. The minimum absolute atomic E-state index is 0.338. The fraction of sp³-hybridized carbons (Fsp3) is 1.00. The van der Waals surface area contributed by atoms with Crippen LogP contribution in [0.4, 0.5) is 0 Å². The van der Waals surface area contributed by atoms with Gasteiger partial charge in [-0.05, 0) is 19.8 Å². The maximum atomic E-state index is 11.7. The molecular formula is C8H19O4P. The molecule has 0 aromatic carbocycles. The van der Waals surface area contributed by atoms with Gasteiger partial charge in [0.05, 0.1) is 19.8 Å². The van der Waals surface area contributed by atoms with Crippen molar-refractivity contribution in [3.8, 4) is 0 Å². The van der Waals surface area contributed by atoms with Gasteiger partial charge in [-0.25, -0.2) is 4.57 Å². The lowest BCUT2D eigenvalue weighted by Crippen LogP contribution is -2.01. The summed E-state index contributed by atoms with van der Waals surface area (Å²) in [5.41, 5.74) is 0. The van der Waals surface area contributed by atoms with Crippen LogP contribution in [0.2, 0.25) is 0 Å². The van der Waals surface area contributed by atoms with E-state index in [2.05, 4.69) is 0 Å². The fourth-order valence-electron chi connectivity index (χ4n) is 0.676. The van der Waals surface area contributed by atoms with Gasteiger partial charge in [0.2, 0.25) is 0 Å². The molecule has 0 saturated heterocycles. The van der Waals surface area contributed by atoms with E-state index in [0.717, 1.165) is 12.8 Å². The molecule has 0 fully saturated rings. The summed E-state index contributed by atoms with van der Waals surface area (Å²) in [5, 5.41) is 0. The number of hydrogen-bond donors (Lipinski definition) is 0. The van der Waals surface area contributed by atoms with E-state index < -0.39 is 7.82 Å². The third-order valence-corrected chi connectivity index (χ3v) is 2.77. The Morgan fingerprint density at radius 2 is 1.38 bits per heavy atom. The summed E-state index contributed by atoms with van der Waals surface area (Å²) in [6.07, 6.45) is 1.60. The second-order valence-corrected chi connectivity index (χ2v) is 4.20. The molecule has 0 bridgehead atoms. The van der Waals surface area contributed by atoms with Crippen molar-refractivity contribution in [3.63, 3.8) is 0 Å². The lowest BCUT2D eigenvalue weighted by Gasteiger charge is -2.16. The standard InChI is InChI=1S/C8H19O4P/c1-4-7-11-13(9,10-6-3)12-8-5-2/h4-8H2,1-3H3. The zero-order chi connectivity index (χ0) is 10.2. The van der Waals surface area contributed by atoms with Crippen molar-refractivity contribution < 1.29 is 18.1 Å². The van der Waals surface area contributed by atoms with Crippen LogP contribution >= 0.6 is 7.82 Å². The van der Waals surface area contributed by atoms with E-state index >= 15 is 0 Å². The van der Waals surface area contributed by atoms with Crippen molar-refractivity contribution in [1.29, 1.82) is 0 Å². The molecule has 0 heterocycles. The Morgan fingerprint density at radius 3 is 1.69 bits per heavy atom. The molecule has 0 aromatic heterocycles. The summed E-state index contributed by atoms with van der Waals surface area (Å²) in [4.78, 5) is 0. The van der Waals surface area contributed by atoms with Crippen LogP contribution in [0.5, 0.6) is 0 Å². The SMILES string of the molecule is CCCOP(=O)(OCC)OCCC. The van der Waals surface area contributed by atoms with Gasteiger partial charge >= 0.3 is 7.82 Å². The molecule has 0 radical (unpaired) electrons. The van der Waals surface area contributed by atoms with E-state index in [1.54, 1.807) is 6.92 Å². The van der Waals surface area contributed by atoms with E-state index in [-0.39, 0.29) is 0 Å². The molecule has 4 nitrogen and oxygen atoms in total. The van der Waals surface area contributed by atoms with Gasteiger partial charge in [0, 0.05) is 0 Å². The lowest BCUT2D eigenvalue weighted by molar-refractivity contribution is 0.117. The Morgan fingerprint density at radius 1 is 0.923 bits per heavy atom. The third-order valence-electron chi connectivity index (χ3n) is 1.19. The number of phosphoric ester groups is 1. The Balaban J connectivity index is 3.92. The van der Waals surface area contributed by atoms with Crippen LogP contribution in [-0.4, -0.2) is 19.8 Å². The topological polar surface area (TPSA) is 44.8 Å². The average Bonchev–Trinajstić information content (AvgIpc) is 2.12. The van der Waals surface area contributed by atoms with E-state index in [9.17, 15) is 4.57 Å². The summed E-state index contributed by atoms with van der Waals surface area (Å²) in [5.74, 6) is 0. The Labute approximate surface area is 80.2 Å². The first-order valence-corrected chi connectivity index (χ1v) is 6.18. The molecular weight excluding hydrogens is 191 g/mol. The molecule has 0 atom stereocenters. The molecule has 5 heteroatoms. The monoisotopic (exact) mass is 210 g/mol. The van der Waals surface area contributed by atoms with E-state index in [1.807, 2.05) is 13.8 Å². The Kier molecular flexibility index (Phi) is 7.57. The van der Waals surface area contributed by atoms with Crippen molar-refractivity contribution in [2.75, 3.05) is 19.8 Å². The molecule has 0 aliphatic carbocycles. The maximum Gasteiger partial charge on any atom is 0.474 e. The van der Waals surface area contributed by atoms with Gasteiger partial charge in [-0.15, -0.1) is 0 Å². The lowest BCUT2D eigenvalue weighted by atomic mass is 10.5. The van der Waals surface area contributed by atoms with Crippen molar-refractivity contribution in [2.24, 2.45) is 0 Å². The van der Waals surface area contributed by atoms with Crippen LogP contribution in [0.25, 0.3) is 0 Å². The first-order valence-electron chi connectivity index (χ1n) is 4.72. The Bertz CT molecular complexity index is 148. The van der Waals surface area contributed by atoms with E-state index in [0.29, 0.717) is 19.8 Å². The third kappa shape index (κ3) is 6.22. The highest BCUT2D eigenvalue weighted by Crippen LogP contribution is 2.49. The molecule has 0 unspecified atom stereocenters. The molecule has 0 rings (SSSR count). The largest absolute Gasteiger partial charge is 0.474 e. The zero-order valence-corrected chi connectivity index (χ0v) is 9.51. The summed E-state index contributed by atoms with van der Waals surface area (Å²) in [6.45, 7) is 6.79. The molecule has 0 amide bonds. The Hall–Kier alpha value is 0.110. The quantitative estimate of drug-likeness (QED) is 0.578. The molecule has 0 spiro atoms. The van der Waals surface area contributed by atoms with Gasteiger partial charge in [0.15, 0.2) is 0 Å². The number of rotatable bonds is 8. The molecule has 0 aromatic rings. The second-order valence-electron chi connectivity index (χ2n) is 2.53. The van der Waals surface area contributed by atoms with E-state index in [4.69, 9.17) is 13.6 Å². The highest BCUT2D eigenvalue weighted by Gasteiger charge is 2.24. The van der Waals surface area contributed by atoms with Crippen molar-refractivity contribution in [2.45, 2.75) is 33.6 Å². The van der Waals surface area contributed by atoms with Gasteiger partial charge in [-0.2, -0.15) is 0 Å². The van der Waals surface area contributed by atoms with E-state index in [1.165, 1.54) is 0 Å². The average molecular weight is 210 g/mol. The van der Waals surface area contributed by atoms with Gasteiger partial charge < -0.3 is 0 Å². The fourth-order valence-corrected chi connectivity index (χ4v) is 2.03. The van der Waals surface area contributed by atoms with Gasteiger partial charge in [-0.1, -0.05) is 13.8 Å². The first kappa shape index (κ1) is 13.1. The van der Waals surface area contributed by atoms with Crippen LogP contribution in [0.3, 0.4) is 0 Å². The van der Waals surface area contributed by atoms with Gasteiger partial charge in [-0.3, -0.25) is 13.6 Å². The number of phosphoric acid groups is 1. The summed E-state index contributed by atoms with van der Waals surface area (Å²) in [6, 6.07) is 0. The van der Waals surface area contributed by atoms with Crippen LogP contribution in [0, 0.1) is 0 Å². The smallest absolute Gasteiger partial charge is 0.287 e. The van der Waals surface area contributed by atoms with Crippen LogP contribution in [0.1, 0.15) is 33.6 Å². The summed E-state index contributed by atoms with van der Waals surface area (Å²) < 4.78 is 26.7. The second kappa shape index (κ2) is 7.51. The van der Waals surface area contributed by atoms with Gasteiger partial charge in [0.1, 0.15) is 0 Å². The molecule has 13 heavy (non-hydrogen) atoms. The highest BCUT2D eigenvalue weighted by molar-refractivity contribution is 7.48. The predicted octanol–water partition coefficient (Wildman–Crippen LogP) is 2.98. The van der Waals surface area contributed by atoms with Crippen molar-refractivity contribution >= 4 is 7.82 Å². The van der Waals surface area contributed by atoms with Crippen LogP contribution in [-0.2, 0) is 18.1 Å². The highest BCUT2D eigenvalue weighted by atomic mass is 31.2. The summed E-state index contributed by atoms with van der Waals surface area (Å²) in [7, 11) is -3.25. The van der Waals surface area contributed by atoms with Crippen LogP contribution < -0.4 is 0 Å². The zero-order valence-electron chi connectivity index (χ0n) is 8.62.